The van der Waals surface area contributed by atoms with Gasteiger partial charge in [-0.25, -0.2) is 0 Å². The molecule has 0 spiro atoms. The first-order valence-corrected chi connectivity index (χ1v) is 26.7. The summed E-state index contributed by atoms with van der Waals surface area (Å²) in [6, 6.07) is 4.59. The van der Waals surface area contributed by atoms with Crippen molar-refractivity contribution in [2.24, 2.45) is 0 Å². The van der Waals surface area contributed by atoms with E-state index in [0.717, 1.165) is 16.6 Å². The highest BCUT2D eigenvalue weighted by Gasteiger charge is 2.32. The van der Waals surface area contributed by atoms with E-state index in [9.17, 15) is 0 Å². The van der Waals surface area contributed by atoms with Crippen molar-refractivity contribution in [3.8, 4) is 12.1 Å². The monoisotopic (exact) mass is 838 g/mol. The lowest BCUT2D eigenvalue weighted by atomic mass is 10.6. The van der Waals surface area contributed by atoms with Crippen molar-refractivity contribution >= 4 is 188 Å². The van der Waals surface area contributed by atoms with E-state index in [1.165, 1.54) is 50.8 Å². The molecule has 0 saturated heterocycles. The molecular formula is C23H22N2S16. The van der Waals surface area contributed by atoms with Crippen LogP contribution in [-0.2, 0) is 0 Å². The molecule has 2 nitrogen and oxygen atoms in total. The molecule has 18 heteroatoms. The topological polar surface area (TPSA) is 47.6 Å². The van der Waals surface area contributed by atoms with E-state index in [-0.39, 0.29) is 0 Å². The van der Waals surface area contributed by atoms with Gasteiger partial charge in [0.05, 0.1) is 63.0 Å². The Bertz CT molecular complexity index is 1160. The van der Waals surface area contributed by atoms with Crippen molar-refractivity contribution in [2.45, 2.75) is 12.8 Å². The van der Waals surface area contributed by atoms with Crippen molar-refractivity contribution in [1.82, 2.24) is 0 Å². The van der Waals surface area contributed by atoms with Crippen LogP contribution in [0.3, 0.4) is 0 Å². The molecular weight excluding hydrogens is 817 g/mol. The van der Waals surface area contributed by atoms with Gasteiger partial charge in [-0.2, -0.15) is 10.5 Å². The number of nitriles is 2. The van der Waals surface area contributed by atoms with Gasteiger partial charge in [0.2, 0.25) is 0 Å². The minimum absolute atomic E-state index is 0.569. The Balaban J connectivity index is 1.43. The number of thioether (sulfide) groups is 16. The molecule has 4 heterocycles. The Labute approximate surface area is 311 Å². The maximum atomic E-state index is 9.10. The highest BCUT2D eigenvalue weighted by molar-refractivity contribution is 8.47. The maximum Gasteiger partial charge on any atom is 0.0717 e. The van der Waals surface area contributed by atoms with Gasteiger partial charge in [-0.3, -0.25) is 0 Å². The van der Waals surface area contributed by atoms with Gasteiger partial charge in [0.15, 0.2) is 0 Å². The summed E-state index contributed by atoms with van der Waals surface area (Å²) < 4.78 is 16.6. The van der Waals surface area contributed by atoms with Crippen LogP contribution >= 0.6 is 188 Å². The van der Waals surface area contributed by atoms with Gasteiger partial charge in [-0.1, -0.05) is 94.1 Å². The van der Waals surface area contributed by atoms with Gasteiger partial charge in [-0.05, 0) is 25.0 Å². The first-order valence-electron chi connectivity index (χ1n) is 11.3. The Morgan fingerprint density at radius 2 is 0.707 bits per heavy atom. The third-order valence-electron chi connectivity index (χ3n) is 4.50. The maximum absolute atomic E-state index is 9.10. The summed E-state index contributed by atoms with van der Waals surface area (Å²) in [4.78, 5) is 0. The quantitative estimate of drug-likeness (QED) is 0.123. The van der Waals surface area contributed by atoms with Gasteiger partial charge in [-0.15, -0.1) is 94.1 Å². The summed E-state index contributed by atoms with van der Waals surface area (Å²) >= 11 is 30.1. The SMILES string of the molecule is CSC1=C(SC)SC(=C2SC(SCCC#N)=C(SCSC3=C(SCCC#N)SC(=C4SC(SC)=C(SC)S4)S3)S2)S1. The lowest BCUT2D eigenvalue weighted by molar-refractivity contribution is 1.24. The lowest BCUT2D eigenvalue weighted by Crippen LogP contribution is -1.79. The van der Waals surface area contributed by atoms with Gasteiger partial charge in [0.25, 0.3) is 0 Å². The van der Waals surface area contributed by atoms with Crippen molar-refractivity contribution in [1.29, 1.82) is 10.5 Å². The molecule has 0 fully saturated rings. The van der Waals surface area contributed by atoms with Gasteiger partial charge in [0, 0.05) is 29.4 Å². The summed E-state index contributed by atoms with van der Waals surface area (Å²) in [5, 5.41) is 19.1. The molecule has 0 radical (unpaired) electrons. The second-order valence-electron chi connectivity index (χ2n) is 7.00. The van der Waals surface area contributed by atoms with Crippen LogP contribution in [0.4, 0.5) is 0 Å². The second-order valence-corrected chi connectivity index (χ2v) is 26.1. The van der Waals surface area contributed by atoms with E-state index in [2.05, 4.69) is 37.2 Å². The van der Waals surface area contributed by atoms with Gasteiger partial charge < -0.3 is 0 Å². The minimum Gasteiger partial charge on any atom is -0.198 e. The van der Waals surface area contributed by atoms with Crippen molar-refractivity contribution < 1.29 is 0 Å². The molecule has 0 aromatic rings. The summed E-state index contributed by atoms with van der Waals surface area (Å²) in [6.07, 6.45) is 9.78. The van der Waals surface area contributed by atoms with E-state index in [1.807, 2.05) is 188 Å². The fraction of sp³-hybridized carbons (Fsp3) is 0.391. The molecule has 0 aliphatic carbocycles. The van der Waals surface area contributed by atoms with Gasteiger partial charge in [0.1, 0.15) is 0 Å². The van der Waals surface area contributed by atoms with Gasteiger partial charge >= 0.3 is 0 Å². The smallest absolute Gasteiger partial charge is 0.0717 e. The summed E-state index contributed by atoms with van der Waals surface area (Å²) in [7, 11) is 0. The van der Waals surface area contributed by atoms with E-state index in [4.69, 9.17) is 10.5 Å². The Morgan fingerprint density at radius 3 is 0.976 bits per heavy atom. The number of nitrogens with zero attached hydrogens (tertiary/aromatic N) is 2. The summed E-state index contributed by atoms with van der Waals surface area (Å²) in [5.74, 6) is 1.66. The predicted octanol–water partition coefficient (Wildman–Crippen LogP) is 13.8. The fourth-order valence-corrected chi connectivity index (χ4v) is 25.4. The molecule has 4 aliphatic heterocycles. The standard InChI is InChI=1S/C23H22N2S16/c1-26-12-13(27-2)35-20(34-12)22-38-16(30-9-5-7-24)18(40-22)32-11-33-19-17(31-10-6-8-25)39-23(41-19)21-36-14(28-3)15(29-4)37-21/h5-6,9-11H2,1-4H3. The molecule has 4 aliphatic rings. The summed E-state index contributed by atoms with van der Waals surface area (Å²) in [5.41, 5.74) is 0. The van der Waals surface area contributed by atoms with Crippen LogP contribution < -0.4 is 0 Å². The average molecular weight is 840 g/mol. The molecule has 4 rings (SSSR count). The van der Waals surface area contributed by atoms with Crippen molar-refractivity contribution in [3.63, 3.8) is 0 Å². The van der Waals surface area contributed by atoms with Crippen LogP contribution in [0, 0.1) is 22.7 Å². The first kappa shape index (κ1) is 36.8. The normalized spacial score (nSPS) is 19.6. The van der Waals surface area contributed by atoms with E-state index in [1.54, 1.807) is 0 Å². The highest BCUT2D eigenvalue weighted by Crippen LogP contribution is 2.68. The zero-order valence-corrected chi connectivity index (χ0v) is 35.0. The molecule has 0 saturated carbocycles. The van der Waals surface area contributed by atoms with Crippen LogP contribution in [0.15, 0.2) is 50.8 Å². The van der Waals surface area contributed by atoms with Crippen LogP contribution in [-0.4, -0.2) is 41.6 Å². The molecule has 0 aromatic carbocycles. The third-order valence-corrected chi connectivity index (χ3v) is 27.2. The fourth-order valence-electron chi connectivity index (χ4n) is 2.79. The van der Waals surface area contributed by atoms with Crippen LogP contribution in [0.1, 0.15) is 12.8 Å². The molecule has 220 valence electrons. The summed E-state index contributed by atoms with van der Waals surface area (Å²) in [6.45, 7) is 0. The Hall–Kier alpha value is 3.02. The second kappa shape index (κ2) is 19.7. The van der Waals surface area contributed by atoms with E-state index in [0.29, 0.717) is 12.8 Å². The Morgan fingerprint density at radius 1 is 0.439 bits per heavy atom. The molecule has 0 unspecified atom stereocenters. The average Bonchev–Trinajstić information content (AvgIpc) is 3.77. The first-order chi connectivity index (χ1) is 20.0. The zero-order valence-electron chi connectivity index (χ0n) is 22.0. The largest absolute Gasteiger partial charge is 0.198 e. The van der Waals surface area contributed by atoms with Crippen molar-refractivity contribution in [3.05, 3.63) is 50.8 Å². The third kappa shape index (κ3) is 10.5. The van der Waals surface area contributed by atoms with Crippen LogP contribution in [0.5, 0.6) is 0 Å². The molecule has 0 N–H and O–H groups in total. The molecule has 0 aromatic heterocycles. The molecule has 0 atom stereocenters. The number of hydrogen-bond donors (Lipinski definition) is 0. The van der Waals surface area contributed by atoms with Crippen molar-refractivity contribution in [2.75, 3.05) is 41.6 Å². The van der Waals surface area contributed by atoms with Crippen LogP contribution in [0.2, 0.25) is 0 Å². The molecule has 0 bridgehead atoms. The molecule has 41 heavy (non-hydrogen) atoms. The zero-order chi connectivity index (χ0) is 29.2. The number of hydrogen-bond acceptors (Lipinski definition) is 18. The Kier molecular flexibility index (Phi) is 17.7. The predicted molar refractivity (Wildman–Crippen MR) is 222 cm³/mol. The lowest BCUT2D eigenvalue weighted by Gasteiger charge is -2.06. The number of rotatable bonds is 14. The van der Waals surface area contributed by atoms with E-state index >= 15 is 0 Å². The van der Waals surface area contributed by atoms with E-state index < -0.39 is 0 Å². The van der Waals surface area contributed by atoms with Crippen LogP contribution in [0.25, 0.3) is 0 Å². The highest BCUT2D eigenvalue weighted by atomic mass is 32.3. The minimum atomic E-state index is 0.569. The molecule has 0 amide bonds.